The number of rotatable bonds is 2. The van der Waals surface area contributed by atoms with Crippen LogP contribution in [-0.2, 0) is 0 Å². The quantitative estimate of drug-likeness (QED) is 0.491. The van der Waals surface area contributed by atoms with E-state index in [0.717, 1.165) is 33.6 Å². The molecule has 0 radical (unpaired) electrons. The highest BCUT2D eigenvalue weighted by molar-refractivity contribution is 5.93. The van der Waals surface area contributed by atoms with Gasteiger partial charge in [-0.1, -0.05) is 0 Å². The van der Waals surface area contributed by atoms with E-state index < -0.39 is 0 Å². The van der Waals surface area contributed by atoms with Crippen molar-refractivity contribution >= 4 is 39.0 Å². The summed E-state index contributed by atoms with van der Waals surface area (Å²) >= 11 is 0. The number of hydrogen-bond acceptors (Lipinski definition) is 4. The van der Waals surface area contributed by atoms with Gasteiger partial charge in [0.05, 0.1) is 5.52 Å². The zero-order valence-corrected chi connectivity index (χ0v) is 12.1. The summed E-state index contributed by atoms with van der Waals surface area (Å²) in [6.07, 6.45) is 1.56. The summed E-state index contributed by atoms with van der Waals surface area (Å²) in [6, 6.07) is 13.9. The second kappa shape index (κ2) is 4.73. The van der Waals surface area contributed by atoms with Gasteiger partial charge >= 0.3 is 0 Å². The lowest BCUT2D eigenvalue weighted by molar-refractivity contribution is 1.22. The number of benzene rings is 2. The van der Waals surface area contributed by atoms with Crippen LogP contribution >= 0.6 is 0 Å². The standard InChI is InChI=1S/C17H15N5/c1-10-6-11-7-13(3-5-15(11)21-10)22-17-14-8-12(18)2-4-16(14)19-9-20-17/h2-9,21H,18H2,1H3,(H,19,20,22). The number of nitrogens with one attached hydrogen (secondary N) is 2. The van der Waals surface area contributed by atoms with Crippen LogP contribution < -0.4 is 11.1 Å². The zero-order chi connectivity index (χ0) is 15.1. The summed E-state index contributed by atoms with van der Waals surface area (Å²) in [6.45, 7) is 2.05. The Kier molecular flexibility index (Phi) is 2.72. The number of aryl methyl sites for hydroxylation is 1. The Morgan fingerprint density at radius 2 is 1.95 bits per heavy atom. The lowest BCUT2D eigenvalue weighted by Gasteiger charge is -2.09. The summed E-state index contributed by atoms with van der Waals surface area (Å²) in [5.41, 5.74) is 10.7. The molecular formula is C17H15N5. The highest BCUT2D eigenvalue weighted by Crippen LogP contribution is 2.26. The summed E-state index contributed by atoms with van der Waals surface area (Å²) in [4.78, 5) is 11.9. The van der Waals surface area contributed by atoms with Gasteiger partial charge < -0.3 is 16.0 Å². The Bertz CT molecular complexity index is 987. The van der Waals surface area contributed by atoms with Gasteiger partial charge in [-0.3, -0.25) is 0 Å². The third-order valence-electron chi connectivity index (χ3n) is 3.68. The minimum Gasteiger partial charge on any atom is -0.399 e. The fraction of sp³-hybridized carbons (Fsp3) is 0.0588. The monoisotopic (exact) mass is 289 g/mol. The van der Waals surface area contributed by atoms with E-state index in [1.165, 1.54) is 5.39 Å². The van der Waals surface area contributed by atoms with Gasteiger partial charge in [-0.25, -0.2) is 9.97 Å². The molecule has 0 unspecified atom stereocenters. The molecule has 4 aromatic rings. The van der Waals surface area contributed by atoms with Crippen LogP contribution in [0.5, 0.6) is 0 Å². The van der Waals surface area contributed by atoms with Crippen molar-refractivity contribution in [3.8, 4) is 0 Å². The molecule has 0 fully saturated rings. The highest BCUT2D eigenvalue weighted by Gasteiger charge is 2.06. The Balaban J connectivity index is 1.79. The SMILES string of the molecule is Cc1cc2cc(Nc3ncnc4ccc(N)cc34)ccc2[nH]1. The number of aromatic amines is 1. The van der Waals surface area contributed by atoms with Gasteiger partial charge in [0, 0.05) is 33.4 Å². The second-order valence-electron chi connectivity index (χ2n) is 5.38. The van der Waals surface area contributed by atoms with Gasteiger partial charge in [0.25, 0.3) is 0 Å². The van der Waals surface area contributed by atoms with Gasteiger partial charge in [0.2, 0.25) is 0 Å². The van der Waals surface area contributed by atoms with Crippen LogP contribution in [0.25, 0.3) is 21.8 Å². The zero-order valence-electron chi connectivity index (χ0n) is 12.1. The molecule has 0 saturated heterocycles. The van der Waals surface area contributed by atoms with Crippen molar-refractivity contribution in [2.75, 3.05) is 11.1 Å². The van der Waals surface area contributed by atoms with E-state index in [1.807, 2.05) is 31.2 Å². The van der Waals surface area contributed by atoms with Crippen LogP contribution in [-0.4, -0.2) is 15.0 Å². The Labute approximate surface area is 127 Å². The van der Waals surface area contributed by atoms with Crippen LogP contribution in [0.2, 0.25) is 0 Å². The first kappa shape index (κ1) is 12.6. The van der Waals surface area contributed by atoms with Crippen molar-refractivity contribution in [2.45, 2.75) is 6.92 Å². The average Bonchev–Trinajstić information content (AvgIpc) is 2.87. The minimum absolute atomic E-state index is 0.696. The number of H-pyrrole nitrogens is 1. The molecule has 2 aromatic carbocycles. The molecule has 0 aliphatic rings. The van der Waals surface area contributed by atoms with E-state index in [2.05, 4.69) is 38.5 Å². The first-order valence-electron chi connectivity index (χ1n) is 7.06. The van der Waals surface area contributed by atoms with Crippen molar-refractivity contribution in [3.63, 3.8) is 0 Å². The van der Waals surface area contributed by atoms with Crippen LogP contribution in [0.1, 0.15) is 5.69 Å². The van der Waals surface area contributed by atoms with Gasteiger partial charge in [0.1, 0.15) is 12.1 Å². The fourth-order valence-corrected chi connectivity index (χ4v) is 2.67. The minimum atomic E-state index is 0.696. The predicted octanol–water partition coefficient (Wildman–Crippen LogP) is 3.75. The first-order valence-corrected chi connectivity index (χ1v) is 7.06. The number of nitrogens with zero attached hydrogens (tertiary/aromatic N) is 2. The molecule has 0 amide bonds. The predicted molar refractivity (Wildman–Crippen MR) is 90.3 cm³/mol. The van der Waals surface area contributed by atoms with E-state index in [9.17, 15) is 0 Å². The van der Waals surface area contributed by atoms with Crippen LogP contribution in [0, 0.1) is 6.92 Å². The summed E-state index contributed by atoms with van der Waals surface area (Å²) in [7, 11) is 0. The van der Waals surface area contributed by atoms with E-state index >= 15 is 0 Å². The maximum atomic E-state index is 5.88. The molecule has 0 atom stereocenters. The summed E-state index contributed by atoms with van der Waals surface area (Å²) in [5.74, 6) is 0.754. The van der Waals surface area contributed by atoms with Crippen molar-refractivity contribution < 1.29 is 0 Å². The first-order chi connectivity index (χ1) is 10.7. The molecule has 4 N–H and O–H groups in total. The van der Waals surface area contributed by atoms with Gasteiger partial charge in [-0.05, 0) is 49.4 Å². The lowest BCUT2D eigenvalue weighted by atomic mass is 10.2. The molecule has 0 aliphatic heterocycles. The van der Waals surface area contributed by atoms with Gasteiger partial charge in [-0.2, -0.15) is 0 Å². The summed E-state index contributed by atoms with van der Waals surface area (Å²) < 4.78 is 0. The molecule has 4 rings (SSSR count). The van der Waals surface area contributed by atoms with E-state index in [4.69, 9.17) is 5.73 Å². The van der Waals surface area contributed by atoms with Crippen LogP contribution in [0.4, 0.5) is 17.2 Å². The number of aromatic nitrogens is 3. The van der Waals surface area contributed by atoms with Gasteiger partial charge in [-0.15, -0.1) is 0 Å². The maximum absolute atomic E-state index is 5.88. The number of nitrogens with two attached hydrogens (primary N) is 1. The van der Waals surface area contributed by atoms with Gasteiger partial charge in [0.15, 0.2) is 0 Å². The third-order valence-corrected chi connectivity index (χ3v) is 3.68. The maximum Gasteiger partial charge on any atom is 0.141 e. The number of nitrogen functional groups attached to an aromatic ring is 1. The molecule has 5 nitrogen and oxygen atoms in total. The number of fused-ring (bicyclic) bond motifs is 2. The van der Waals surface area contributed by atoms with E-state index in [-0.39, 0.29) is 0 Å². The van der Waals surface area contributed by atoms with Crippen molar-refractivity contribution in [3.05, 3.63) is 54.5 Å². The van der Waals surface area contributed by atoms with E-state index in [1.54, 1.807) is 6.33 Å². The largest absolute Gasteiger partial charge is 0.399 e. The highest BCUT2D eigenvalue weighted by atomic mass is 15.0. The smallest absolute Gasteiger partial charge is 0.141 e. The molecule has 5 heteroatoms. The molecule has 2 aromatic heterocycles. The fourth-order valence-electron chi connectivity index (χ4n) is 2.67. The molecule has 0 spiro atoms. The molecule has 0 saturated carbocycles. The molecule has 0 bridgehead atoms. The average molecular weight is 289 g/mol. The van der Waals surface area contributed by atoms with Crippen molar-refractivity contribution in [1.82, 2.24) is 15.0 Å². The topological polar surface area (TPSA) is 79.6 Å². The van der Waals surface area contributed by atoms with Crippen molar-refractivity contribution in [1.29, 1.82) is 0 Å². The Hall–Kier alpha value is -3.08. The lowest BCUT2D eigenvalue weighted by Crippen LogP contribution is -1.96. The molecule has 22 heavy (non-hydrogen) atoms. The molecular weight excluding hydrogens is 274 g/mol. The number of anilines is 3. The Morgan fingerprint density at radius 3 is 2.86 bits per heavy atom. The third kappa shape index (κ3) is 2.13. The van der Waals surface area contributed by atoms with Crippen LogP contribution in [0.15, 0.2) is 48.8 Å². The second-order valence-corrected chi connectivity index (χ2v) is 5.38. The molecule has 2 heterocycles. The summed E-state index contributed by atoms with van der Waals surface area (Å²) in [5, 5.41) is 5.43. The number of hydrogen-bond donors (Lipinski definition) is 3. The van der Waals surface area contributed by atoms with Crippen LogP contribution in [0.3, 0.4) is 0 Å². The normalized spacial score (nSPS) is 11.1. The molecule has 0 aliphatic carbocycles. The molecule has 108 valence electrons. The van der Waals surface area contributed by atoms with Crippen molar-refractivity contribution in [2.24, 2.45) is 0 Å². The Morgan fingerprint density at radius 1 is 1.05 bits per heavy atom. The van der Waals surface area contributed by atoms with E-state index in [0.29, 0.717) is 5.69 Å².